The van der Waals surface area contributed by atoms with Crippen LogP contribution in [0.2, 0.25) is 0 Å². The van der Waals surface area contributed by atoms with E-state index in [-0.39, 0.29) is 28.7 Å². The lowest BCUT2D eigenvalue weighted by atomic mass is 9.90. The van der Waals surface area contributed by atoms with Gasteiger partial charge in [-0.1, -0.05) is 78.9 Å². The molecule has 0 radical (unpaired) electrons. The third kappa shape index (κ3) is 9.18. The summed E-state index contributed by atoms with van der Waals surface area (Å²) in [6.45, 7) is 1.49. The number of carboxylic acids is 1. The smallest absolute Gasteiger partial charge is 0.475 e. The molecule has 1 fully saturated rings. The van der Waals surface area contributed by atoms with Crippen molar-refractivity contribution in [3.8, 4) is 0 Å². The average molecular weight is 578 g/mol. The predicted octanol–water partition coefficient (Wildman–Crippen LogP) is 3.52. The largest absolute Gasteiger partial charge is 0.490 e. The summed E-state index contributed by atoms with van der Waals surface area (Å²) in [5.41, 5.74) is 2.28. The molecule has 1 saturated heterocycles. The van der Waals surface area contributed by atoms with Crippen molar-refractivity contribution in [3.63, 3.8) is 0 Å². The minimum atomic E-state index is -5.08. The van der Waals surface area contributed by atoms with E-state index in [0.29, 0.717) is 26.1 Å². The van der Waals surface area contributed by atoms with Gasteiger partial charge in [0, 0.05) is 31.6 Å². The van der Waals surface area contributed by atoms with E-state index in [2.05, 4.69) is 39.6 Å². The molecule has 1 aliphatic rings. The van der Waals surface area contributed by atoms with Gasteiger partial charge in [-0.2, -0.15) is 13.2 Å². The molecule has 0 saturated carbocycles. The zero-order valence-electron chi connectivity index (χ0n) is 21.3. The molecule has 1 aliphatic heterocycles. The van der Waals surface area contributed by atoms with Crippen molar-refractivity contribution < 1.29 is 36.3 Å². The van der Waals surface area contributed by atoms with Gasteiger partial charge in [-0.05, 0) is 29.7 Å². The van der Waals surface area contributed by atoms with E-state index in [9.17, 15) is 26.4 Å². The Labute approximate surface area is 230 Å². The van der Waals surface area contributed by atoms with Gasteiger partial charge in [0.15, 0.2) is 0 Å². The quantitative estimate of drug-likeness (QED) is 0.325. The van der Waals surface area contributed by atoms with Crippen molar-refractivity contribution in [2.45, 2.75) is 29.5 Å². The fourth-order valence-corrected chi connectivity index (χ4v) is 5.53. The van der Waals surface area contributed by atoms with Crippen LogP contribution in [0.3, 0.4) is 0 Å². The van der Waals surface area contributed by atoms with Gasteiger partial charge in [-0.25, -0.2) is 17.9 Å². The molecule has 0 spiro atoms. The summed E-state index contributed by atoms with van der Waals surface area (Å²) in [6.07, 6.45) is -4.63. The highest BCUT2D eigenvalue weighted by Crippen LogP contribution is 2.24. The van der Waals surface area contributed by atoms with Crippen molar-refractivity contribution in [3.05, 3.63) is 102 Å². The lowest BCUT2D eigenvalue weighted by Gasteiger charge is -2.30. The number of carbonyl (C=O) groups is 2. The number of aliphatic carboxylic acids is 1. The molecule has 0 unspecified atom stereocenters. The Morgan fingerprint density at radius 3 is 1.82 bits per heavy atom. The van der Waals surface area contributed by atoms with Crippen LogP contribution in [0.1, 0.15) is 23.5 Å². The van der Waals surface area contributed by atoms with Crippen molar-refractivity contribution in [1.82, 2.24) is 15.4 Å². The number of carboxylic acid groups (broad SMARTS) is 1. The van der Waals surface area contributed by atoms with Crippen LogP contribution in [0.5, 0.6) is 0 Å². The number of nitrogens with one attached hydrogen (secondary N) is 3. The minimum Gasteiger partial charge on any atom is -0.475 e. The van der Waals surface area contributed by atoms with E-state index >= 15 is 0 Å². The zero-order valence-corrected chi connectivity index (χ0v) is 22.2. The molecule has 4 N–H and O–H groups in total. The number of piperidine rings is 1. The van der Waals surface area contributed by atoms with Crippen molar-refractivity contribution in [1.29, 1.82) is 0 Å². The number of rotatable bonds is 8. The Morgan fingerprint density at radius 1 is 0.875 bits per heavy atom. The Kier molecular flexibility index (Phi) is 10.8. The molecule has 2 atom stereocenters. The Balaban J connectivity index is 0.000000559. The molecule has 0 aliphatic carbocycles. The van der Waals surface area contributed by atoms with Crippen LogP contribution < -0.4 is 15.4 Å². The minimum absolute atomic E-state index is 0.0419. The molecule has 3 aromatic rings. The van der Waals surface area contributed by atoms with Crippen molar-refractivity contribution in [2.75, 3.05) is 19.6 Å². The fourth-order valence-electron chi connectivity index (χ4n) is 4.26. The van der Waals surface area contributed by atoms with E-state index in [0.717, 1.165) is 11.1 Å². The molecule has 0 aromatic heterocycles. The second-order valence-electron chi connectivity index (χ2n) is 9.14. The Bertz CT molecular complexity index is 1300. The maximum Gasteiger partial charge on any atom is 0.490 e. The van der Waals surface area contributed by atoms with Gasteiger partial charge in [-0.3, -0.25) is 4.79 Å². The fraction of sp³-hybridized carbons (Fsp3) is 0.286. The Morgan fingerprint density at radius 2 is 1.35 bits per heavy atom. The third-order valence-electron chi connectivity index (χ3n) is 6.22. The van der Waals surface area contributed by atoms with E-state index in [4.69, 9.17) is 9.90 Å². The highest BCUT2D eigenvalue weighted by molar-refractivity contribution is 7.89. The van der Waals surface area contributed by atoms with E-state index in [1.54, 1.807) is 30.3 Å². The lowest BCUT2D eigenvalue weighted by molar-refractivity contribution is -0.192. The molecule has 214 valence electrons. The van der Waals surface area contributed by atoms with Crippen LogP contribution in [0.15, 0.2) is 95.9 Å². The van der Waals surface area contributed by atoms with Crippen LogP contribution in [-0.4, -0.2) is 57.3 Å². The lowest BCUT2D eigenvalue weighted by Crippen LogP contribution is -2.52. The molecule has 1 amide bonds. The molecule has 4 rings (SSSR count). The third-order valence-corrected chi connectivity index (χ3v) is 7.76. The van der Waals surface area contributed by atoms with Crippen LogP contribution in [0.4, 0.5) is 13.2 Å². The van der Waals surface area contributed by atoms with Crippen molar-refractivity contribution >= 4 is 21.9 Å². The van der Waals surface area contributed by atoms with Gasteiger partial charge in [-0.15, -0.1) is 0 Å². The van der Waals surface area contributed by atoms with Gasteiger partial charge in [0.2, 0.25) is 15.9 Å². The highest BCUT2D eigenvalue weighted by atomic mass is 32.2. The first kappa shape index (κ1) is 30.8. The maximum absolute atomic E-state index is 13.0. The average Bonchev–Trinajstić information content (AvgIpc) is 2.94. The molecule has 3 aromatic carbocycles. The van der Waals surface area contributed by atoms with Gasteiger partial charge in [0.05, 0.1) is 10.8 Å². The second kappa shape index (κ2) is 14.1. The summed E-state index contributed by atoms with van der Waals surface area (Å²) in [5, 5.41) is 13.4. The number of amides is 1. The SMILES string of the molecule is O=C(NCC(c1ccccc1)c1ccccc1)[C@@H]1CNC[C@H](NS(=O)(=O)c2ccccc2)C1.O=C(O)C(F)(F)F. The molecule has 12 heteroatoms. The zero-order chi connectivity index (χ0) is 29.2. The number of hydrogen-bond donors (Lipinski definition) is 4. The first-order valence-corrected chi connectivity index (χ1v) is 13.9. The monoisotopic (exact) mass is 577 g/mol. The number of carbonyl (C=O) groups excluding carboxylic acids is 1. The summed E-state index contributed by atoms with van der Waals surface area (Å²) in [6, 6.07) is 28.2. The van der Waals surface area contributed by atoms with E-state index in [1.165, 1.54) is 0 Å². The first-order chi connectivity index (χ1) is 19.0. The van der Waals surface area contributed by atoms with Crippen molar-refractivity contribution in [2.24, 2.45) is 5.92 Å². The van der Waals surface area contributed by atoms with Crippen LogP contribution in [-0.2, 0) is 19.6 Å². The molecule has 1 heterocycles. The van der Waals surface area contributed by atoms with Crippen LogP contribution in [0.25, 0.3) is 0 Å². The standard InChI is InChI=1S/C26H29N3O3S.C2HF3O2/c30-26(28-19-25(20-10-4-1-5-11-20)21-12-6-2-7-13-21)22-16-23(18-27-17-22)29-33(31,32)24-14-8-3-9-15-24;3-2(4,5)1(6)7/h1-15,22-23,25,27,29H,16-19H2,(H,28,30);(H,6,7)/t22-,23+;/m0./s1. The predicted molar refractivity (Wildman–Crippen MR) is 143 cm³/mol. The molecular weight excluding hydrogens is 547 g/mol. The second-order valence-corrected chi connectivity index (χ2v) is 10.9. The molecular formula is C28H30F3N3O5S. The normalized spacial score (nSPS) is 17.4. The van der Waals surface area contributed by atoms with Crippen LogP contribution in [0, 0.1) is 5.92 Å². The number of alkyl halides is 3. The molecule has 40 heavy (non-hydrogen) atoms. The maximum atomic E-state index is 13.0. The summed E-state index contributed by atoms with van der Waals surface area (Å²) in [5.74, 6) is -3.09. The summed E-state index contributed by atoms with van der Waals surface area (Å²) >= 11 is 0. The molecule has 8 nitrogen and oxygen atoms in total. The first-order valence-electron chi connectivity index (χ1n) is 12.4. The molecule has 0 bridgehead atoms. The van der Waals surface area contributed by atoms with E-state index in [1.807, 2.05) is 36.4 Å². The summed E-state index contributed by atoms with van der Waals surface area (Å²) < 4.78 is 59.8. The Hall–Kier alpha value is -3.74. The van der Waals surface area contributed by atoms with E-state index < -0.39 is 22.2 Å². The van der Waals surface area contributed by atoms with Gasteiger partial charge >= 0.3 is 12.1 Å². The highest BCUT2D eigenvalue weighted by Gasteiger charge is 2.38. The summed E-state index contributed by atoms with van der Waals surface area (Å²) in [7, 11) is -3.63. The van der Waals surface area contributed by atoms with Gasteiger partial charge < -0.3 is 15.7 Å². The number of halogens is 3. The van der Waals surface area contributed by atoms with Gasteiger partial charge in [0.25, 0.3) is 0 Å². The van der Waals surface area contributed by atoms with Gasteiger partial charge in [0.1, 0.15) is 0 Å². The number of benzene rings is 3. The number of sulfonamides is 1. The van der Waals surface area contributed by atoms with Crippen LogP contribution >= 0.6 is 0 Å². The topological polar surface area (TPSA) is 125 Å². The number of hydrogen-bond acceptors (Lipinski definition) is 5. The summed E-state index contributed by atoms with van der Waals surface area (Å²) in [4.78, 5) is 22.1.